The average Bonchev–Trinajstić information content (AvgIpc) is 3.29. The molecule has 0 saturated carbocycles. The Morgan fingerprint density at radius 2 is 1.84 bits per heavy atom. The van der Waals surface area contributed by atoms with Crippen LogP contribution in [-0.4, -0.2) is 36.9 Å². The van der Waals surface area contributed by atoms with E-state index in [4.69, 9.17) is 4.74 Å². The molecule has 0 aliphatic carbocycles. The van der Waals surface area contributed by atoms with Crippen molar-refractivity contribution in [3.63, 3.8) is 0 Å². The summed E-state index contributed by atoms with van der Waals surface area (Å²) >= 11 is 3.54. The fourth-order valence-corrected chi connectivity index (χ4v) is 3.27. The van der Waals surface area contributed by atoms with Gasteiger partial charge in [-0.15, -0.1) is 29.9 Å². The second-order valence-electron chi connectivity index (χ2n) is 6.30. The highest BCUT2D eigenvalue weighted by Gasteiger charge is 2.14. The van der Waals surface area contributed by atoms with Crippen molar-refractivity contribution in [2.24, 2.45) is 7.05 Å². The molecule has 3 N–H and O–H groups in total. The number of hydrogen-bond donors (Lipinski definition) is 1. The Morgan fingerprint density at radius 3 is 2.48 bits per heavy atom. The summed E-state index contributed by atoms with van der Waals surface area (Å²) in [4.78, 5) is 8.92. The summed E-state index contributed by atoms with van der Waals surface area (Å²) in [5.74, 6) is 1.99. The first kappa shape index (κ1) is 26.4. The van der Waals surface area contributed by atoms with E-state index in [9.17, 15) is 0 Å². The zero-order chi connectivity index (χ0) is 19.7. The molecule has 11 heteroatoms. The summed E-state index contributed by atoms with van der Waals surface area (Å²) in [6.07, 6.45) is 3.72. The van der Waals surface area contributed by atoms with Crippen LogP contribution in [-0.2, 0) is 7.05 Å². The van der Waals surface area contributed by atoms with Crippen LogP contribution in [0.2, 0.25) is 0 Å². The number of aryl methyl sites for hydroxylation is 2. The summed E-state index contributed by atoms with van der Waals surface area (Å²) in [5, 5.41) is 7.84. The first-order valence-electron chi connectivity index (χ1n) is 8.67. The maximum Gasteiger partial charge on any atom is 0.225 e. The van der Waals surface area contributed by atoms with Crippen LogP contribution in [0.15, 0.2) is 59.5 Å². The number of methoxy groups -OCH3 is 1. The Morgan fingerprint density at radius 1 is 1.10 bits per heavy atom. The quantitative estimate of drug-likeness (QED) is 0.410. The molecule has 0 bridgehead atoms. The van der Waals surface area contributed by atoms with Crippen molar-refractivity contribution >= 4 is 52.4 Å². The van der Waals surface area contributed by atoms with Crippen molar-refractivity contribution in [1.82, 2.24) is 24.3 Å². The fraction of sp³-hybridized carbons (Fsp3) is 0.150. The number of hydrogen-bond acceptors (Lipinski definition) is 5. The molecule has 31 heavy (non-hydrogen) atoms. The molecule has 166 valence electrons. The van der Waals surface area contributed by atoms with Crippen molar-refractivity contribution in [3.05, 3.63) is 65.2 Å². The second-order valence-corrected chi connectivity index (χ2v) is 7.15. The number of rotatable bonds is 5. The number of aromatic nitrogens is 5. The van der Waals surface area contributed by atoms with Gasteiger partial charge >= 0.3 is 0 Å². The molecule has 4 rings (SSSR count). The molecule has 2 heterocycles. The molecule has 0 radical (unpaired) electrons. The third kappa shape index (κ3) is 5.56. The van der Waals surface area contributed by atoms with E-state index in [1.54, 1.807) is 18.1 Å². The molecule has 2 aromatic heterocycles. The largest absolute Gasteiger partial charge is 0.495 e. The van der Waals surface area contributed by atoms with Gasteiger partial charge in [0.05, 0.1) is 30.5 Å². The summed E-state index contributed by atoms with van der Waals surface area (Å²) in [6.45, 7) is 1.95. The van der Waals surface area contributed by atoms with Crippen LogP contribution in [0, 0.1) is 6.92 Å². The lowest BCUT2D eigenvalue weighted by atomic mass is 10.1. The van der Waals surface area contributed by atoms with E-state index in [2.05, 4.69) is 36.3 Å². The van der Waals surface area contributed by atoms with Gasteiger partial charge in [-0.05, 0) is 53.2 Å². The Kier molecular flexibility index (Phi) is 9.51. The SMILES string of the molecule is COc1cc(-c2nc(Nc3ccccc3Br)n(C)n2)ccc1-n1cnc(C)c1.Cl.Cl.O. The molecule has 4 aromatic rings. The van der Waals surface area contributed by atoms with Gasteiger partial charge in [-0.2, -0.15) is 4.98 Å². The Balaban J connectivity index is 0.00000160. The van der Waals surface area contributed by atoms with Gasteiger partial charge in [0.25, 0.3) is 0 Å². The zero-order valence-corrected chi connectivity index (χ0v) is 20.3. The molecule has 0 unspecified atom stereocenters. The number of benzene rings is 2. The smallest absolute Gasteiger partial charge is 0.225 e. The lowest BCUT2D eigenvalue weighted by Gasteiger charge is -2.10. The zero-order valence-electron chi connectivity index (χ0n) is 17.0. The van der Waals surface area contributed by atoms with Gasteiger partial charge in [0.2, 0.25) is 5.95 Å². The Labute approximate surface area is 200 Å². The van der Waals surface area contributed by atoms with Gasteiger partial charge in [0, 0.05) is 23.3 Å². The van der Waals surface area contributed by atoms with E-state index < -0.39 is 0 Å². The molecule has 0 aliphatic heterocycles. The topological polar surface area (TPSA) is 101 Å². The van der Waals surface area contributed by atoms with Crippen molar-refractivity contribution in [1.29, 1.82) is 0 Å². The summed E-state index contributed by atoms with van der Waals surface area (Å²) in [7, 11) is 3.51. The molecular formula is C20H23BrCl2N6O2. The lowest BCUT2D eigenvalue weighted by molar-refractivity contribution is 0.413. The molecule has 0 spiro atoms. The van der Waals surface area contributed by atoms with E-state index in [-0.39, 0.29) is 30.3 Å². The molecule has 0 aliphatic rings. The number of imidazole rings is 1. The molecule has 8 nitrogen and oxygen atoms in total. The van der Waals surface area contributed by atoms with Gasteiger partial charge in [0.15, 0.2) is 5.82 Å². The van der Waals surface area contributed by atoms with Crippen molar-refractivity contribution < 1.29 is 10.2 Å². The normalized spacial score (nSPS) is 9.81. The Hall–Kier alpha value is -2.59. The van der Waals surface area contributed by atoms with E-state index in [0.29, 0.717) is 11.8 Å². The number of ether oxygens (including phenoxy) is 1. The average molecular weight is 530 g/mol. The number of anilines is 2. The van der Waals surface area contributed by atoms with Crippen molar-refractivity contribution in [2.45, 2.75) is 6.92 Å². The van der Waals surface area contributed by atoms with Crippen molar-refractivity contribution in [3.8, 4) is 22.8 Å². The van der Waals surface area contributed by atoms with E-state index >= 15 is 0 Å². The molecule has 0 amide bonds. The monoisotopic (exact) mass is 528 g/mol. The molecular weight excluding hydrogens is 507 g/mol. The van der Waals surface area contributed by atoms with Gasteiger partial charge in [0.1, 0.15) is 5.75 Å². The van der Waals surface area contributed by atoms with Crippen LogP contribution in [0.25, 0.3) is 17.1 Å². The van der Waals surface area contributed by atoms with E-state index in [1.165, 1.54) is 0 Å². The maximum atomic E-state index is 5.59. The number of halogens is 3. The van der Waals surface area contributed by atoms with Crippen LogP contribution < -0.4 is 10.1 Å². The minimum atomic E-state index is 0. The predicted molar refractivity (Wildman–Crippen MR) is 130 cm³/mol. The third-order valence-electron chi connectivity index (χ3n) is 4.31. The van der Waals surface area contributed by atoms with Crippen LogP contribution in [0.1, 0.15) is 5.69 Å². The first-order chi connectivity index (χ1) is 13.5. The summed E-state index contributed by atoms with van der Waals surface area (Å²) in [6, 6.07) is 13.8. The van der Waals surface area contributed by atoms with Gasteiger partial charge in [-0.1, -0.05) is 12.1 Å². The predicted octanol–water partition coefficient (Wildman–Crippen LogP) is 4.51. The molecule has 0 fully saturated rings. The van der Waals surface area contributed by atoms with Crippen LogP contribution in [0.4, 0.5) is 11.6 Å². The fourth-order valence-electron chi connectivity index (χ4n) is 2.88. The number of nitrogens with one attached hydrogen (secondary N) is 1. The maximum absolute atomic E-state index is 5.59. The van der Waals surface area contributed by atoms with E-state index in [0.717, 1.165) is 32.9 Å². The lowest BCUT2D eigenvalue weighted by Crippen LogP contribution is -2.00. The second kappa shape index (κ2) is 11.1. The number of para-hydroxylation sites is 1. The van der Waals surface area contributed by atoms with Crippen LogP contribution in [0.3, 0.4) is 0 Å². The molecule has 2 aromatic carbocycles. The third-order valence-corrected chi connectivity index (χ3v) is 5.00. The summed E-state index contributed by atoms with van der Waals surface area (Å²) < 4.78 is 10.2. The minimum Gasteiger partial charge on any atom is -0.495 e. The minimum absolute atomic E-state index is 0. The Bertz CT molecular complexity index is 1150. The summed E-state index contributed by atoms with van der Waals surface area (Å²) in [5.41, 5.74) is 3.65. The van der Waals surface area contributed by atoms with Gasteiger partial charge < -0.3 is 20.1 Å². The van der Waals surface area contributed by atoms with E-state index in [1.807, 2.05) is 67.2 Å². The highest BCUT2D eigenvalue weighted by atomic mass is 79.9. The van der Waals surface area contributed by atoms with Crippen LogP contribution >= 0.6 is 40.7 Å². The standard InChI is InChI=1S/C20H19BrN6O.2ClH.H2O/c1-13-11-27(12-22-13)17-9-8-14(10-18(17)28-3)19-24-20(26(2)25-19)23-16-7-5-4-6-15(16)21;;;/h4-12H,1-3H3,(H,23,24,25);2*1H;1H2. The molecule has 0 saturated heterocycles. The van der Waals surface area contributed by atoms with Crippen molar-refractivity contribution in [2.75, 3.05) is 12.4 Å². The van der Waals surface area contributed by atoms with Gasteiger partial charge in [-0.25, -0.2) is 9.67 Å². The highest BCUT2D eigenvalue weighted by Crippen LogP contribution is 2.30. The number of nitrogens with zero attached hydrogens (tertiary/aromatic N) is 5. The highest BCUT2D eigenvalue weighted by molar-refractivity contribution is 9.10. The van der Waals surface area contributed by atoms with Gasteiger partial charge in [-0.3, -0.25) is 0 Å². The molecule has 0 atom stereocenters. The first-order valence-corrected chi connectivity index (χ1v) is 9.46. The van der Waals surface area contributed by atoms with Crippen LogP contribution in [0.5, 0.6) is 5.75 Å².